The summed E-state index contributed by atoms with van der Waals surface area (Å²) in [4.78, 5) is 33.8. The molecule has 1 heterocycles. The lowest BCUT2D eigenvalue weighted by Gasteiger charge is -2.07. The summed E-state index contributed by atoms with van der Waals surface area (Å²) in [7, 11) is 0. The van der Waals surface area contributed by atoms with Gasteiger partial charge in [0.05, 0.1) is 0 Å². The number of hydrogen-bond donors (Lipinski definition) is 2. The van der Waals surface area contributed by atoms with Gasteiger partial charge in [0.1, 0.15) is 16.9 Å². The third-order valence-corrected chi connectivity index (χ3v) is 2.31. The Hall–Kier alpha value is -2.11. The molecule has 0 saturated carbocycles. The standard InChI is InChI=1S/C11H12O6/c1-3-5(12)7-9(13)8(10(14)15)6(4-2)17-11(7)16/h13H,3-4H2,1-2H3,(H,14,15). The van der Waals surface area contributed by atoms with E-state index in [1.807, 2.05) is 0 Å². The highest BCUT2D eigenvalue weighted by molar-refractivity contribution is 6.02. The average molecular weight is 240 g/mol. The number of ketones is 1. The quantitative estimate of drug-likeness (QED) is 0.766. The molecular formula is C11H12O6. The maximum atomic E-state index is 11.5. The van der Waals surface area contributed by atoms with E-state index in [4.69, 9.17) is 9.52 Å². The Kier molecular flexibility index (Phi) is 3.67. The zero-order chi connectivity index (χ0) is 13.2. The van der Waals surface area contributed by atoms with E-state index in [1.54, 1.807) is 6.92 Å². The van der Waals surface area contributed by atoms with Crippen LogP contribution >= 0.6 is 0 Å². The maximum Gasteiger partial charge on any atom is 0.350 e. The van der Waals surface area contributed by atoms with Crippen molar-refractivity contribution in [3.63, 3.8) is 0 Å². The van der Waals surface area contributed by atoms with Crippen molar-refractivity contribution in [3.05, 3.63) is 27.3 Å². The number of rotatable bonds is 4. The van der Waals surface area contributed by atoms with Crippen LogP contribution in [-0.2, 0) is 6.42 Å². The molecule has 92 valence electrons. The minimum absolute atomic E-state index is 0.0249. The van der Waals surface area contributed by atoms with Gasteiger partial charge in [-0.25, -0.2) is 9.59 Å². The van der Waals surface area contributed by atoms with Crippen LogP contribution in [0.3, 0.4) is 0 Å². The molecule has 0 unspecified atom stereocenters. The number of carboxylic acid groups (broad SMARTS) is 1. The summed E-state index contributed by atoms with van der Waals surface area (Å²) in [5.41, 5.74) is -2.12. The van der Waals surface area contributed by atoms with Crippen LogP contribution in [0.5, 0.6) is 5.75 Å². The van der Waals surface area contributed by atoms with Crippen LogP contribution in [0.1, 0.15) is 46.7 Å². The molecule has 17 heavy (non-hydrogen) atoms. The van der Waals surface area contributed by atoms with Crippen LogP contribution in [-0.4, -0.2) is 22.0 Å². The van der Waals surface area contributed by atoms with Gasteiger partial charge in [0.25, 0.3) is 0 Å². The van der Waals surface area contributed by atoms with Crippen LogP contribution < -0.4 is 5.63 Å². The summed E-state index contributed by atoms with van der Waals surface area (Å²) in [6.07, 6.45) is 0.105. The van der Waals surface area contributed by atoms with E-state index in [2.05, 4.69) is 0 Å². The molecule has 6 heteroatoms. The molecule has 1 aromatic heterocycles. The van der Waals surface area contributed by atoms with E-state index in [-0.39, 0.29) is 18.6 Å². The van der Waals surface area contributed by atoms with Gasteiger partial charge in [-0.05, 0) is 0 Å². The molecule has 0 fully saturated rings. The van der Waals surface area contributed by atoms with E-state index in [9.17, 15) is 19.5 Å². The number of carbonyl (C=O) groups excluding carboxylic acids is 1. The van der Waals surface area contributed by atoms with Crippen LogP contribution in [0.15, 0.2) is 9.21 Å². The van der Waals surface area contributed by atoms with Crippen LogP contribution in [0, 0.1) is 0 Å². The van der Waals surface area contributed by atoms with Crippen molar-refractivity contribution in [1.29, 1.82) is 0 Å². The Morgan fingerprint density at radius 2 is 1.82 bits per heavy atom. The third-order valence-electron chi connectivity index (χ3n) is 2.31. The molecular weight excluding hydrogens is 228 g/mol. The largest absolute Gasteiger partial charge is 0.506 e. The lowest BCUT2D eigenvalue weighted by molar-refractivity contribution is 0.0688. The van der Waals surface area contributed by atoms with Gasteiger partial charge in [-0.2, -0.15) is 0 Å². The fourth-order valence-electron chi connectivity index (χ4n) is 1.46. The highest BCUT2D eigenvalue weighted by Gasteiger charge is 2.26. The fourth-order valence-corrected chi connectivity index (χ4v) is 1.46. The Bertz CT molecular complexity index is 525. The third kappa shape index (κ3) is 2.20. The minimum Gasteiger partial charge on any atom is -0.506 e. The number of aromatic carboxylic acids is 1. The minimum atomic E-state index is -1.44. The number of carboxylic acids is 1. The Morgan fingerprint density at radius 3 is 2.24 bits per heavy atom. The van der Waals surface area contributed by atoms with Crippen molar-refractivity contribution in [2.45, 2.75) is 26.7 Å². The van der Waals surface area contributed by atoms with Gasteiger partial charge in [-0.15, -0.1) is 0 Å². The van der Waals surface area contributed by atoms with E-state index >= 15 is 0 Å². The van der Waals surface area contributed by atoms with Gasteiger partial charge < -0.3 is 14.6 Å². The number of aryl methyl sites for hydroxylation is 1. The van der Waals surface area contributed by atoms with Gasteiger partial charge in [-0.1, -0.05) is 13.8 Å². The molecule has 0 radical (unpaired) electrons. The lowest BCUT2D eigenvalue weighted by Crippen LogP contribution is -2.18. The average Bonchev–Trinajstić information content (AvgIpc) is 2.26. The van der Waals surface area contributed by atoms with E-state index in [1.165, 1.54) is 6.92 Å². The molecule has 6 nitrogen and oxygen atoms in total. The second-order valence-corrected chi connectivity index (χ2v) is 3.35. The van der Waals surface area contributed by atoms with E-state index < -0.39 is 34.3 Å². The van der Waals surface area contributed by atoms with Crippen molar-refractivity contribution in [1.82, 2.24) is 0 Å². The molecule has 0 amide bonds. The van der Waals surface area contributed by atoms with Crippen LogP contribution in [0.2, 0.25) is 0 Å². The highest BCUT2D eigenvalue weighted by Crippen LogP contribution is 2.24. The van der Waals surface area contributed by atoms with Crippen molar-refractivity contribution < 1.29 is 24.2 Å². The van der Waals surface area contributed by atoms with E-state index in [0.717, 1.165) is 0 Å². The Labute approximate surface area is 96.5 Å². The lowest BCUT2D eigenvalue weighted by atomic mass is 10.0. The molecule has 0 saturated heterocycles. The molecule has 0 spiro atoms. The van der Waals surface area contributed by atoms with Gasteiger partial charge in [0.15, 0.2) is 11.5 Å². The van der Waals surface area contributed by atoms with Crippen molar-refractivity contribution >= 4 is 11.8 Å². The predicted molar refractivity (Wildman–Crippen MR) is 57.6 cm³/mol. The molecule has 0 atom stereocenters. The monoisotopic (exact) mass is 240 g/mol. The normalized spacial score (nSPS) is 10.2. The fraction of sp³-hybridized carbons (Fsp3) is 0.364. The molecule has 1 rings (SSSR count). The molecule has 2 N–H and O–H groups in total. The van der Waals surface area contributed by atoms with Gasteiger partial charge >= 0.3 is 11.6 Å². The topological polar surface area (TPSA) is 105 Å². The summed E-state index contributed by atoms with van der Waals surface area (Å²) >= 11 is 0. The molecule has 0 aliphatic rings. The summed E-state index contributed by atoms with van der Waals surface area (Å²) in [6.45, 7) is 3.07. The summed E-state index contributed by atoms with van der Waals surface area (Å²) < 4.78 is 4.74. The SMILES string of the molecule is CCC(=O)c1c(O)c(C(=O)O)c(CC)oc1=O. The van der Waals surface area contributed by atoms with Gasteiger partial charge in [0, 0.05) is 12.8 Å². The first-order chi connectivity index (χ1) is 7.93. The van der Waals surface area contributed by atoms with Gasteiger partial charge in [-0.3, -0.25) is 4.79 Å². The zero-order valence-electron chi connectivity index (χ0n) is 9.44. The van der Waals surface area contributed by atoms with Crippen LogP contribution in [0.4, 0.5) is 0 Å². The number of Topliss-reactive ketones (excluding diaryl/α,β-unsaturated/α-hetero) is 1. The first-order valence-electron chi connectivity index (χ1n) is 5.09. The van der Waals surface area contributed by atoms with E-state index in [0.29, 0.717) is 0 Å². The smallest absolute Gasteiger partial charge is 0.350 e. The van der Waals surface area contributed by atoms with Crippen molar-refractivity contribution in [3.8, 4) is 5.75 Å². The number of carbonyl (C=O) groups is 2. The molecule has 0 aromatic carbocycles. The predicted octanol–water partition coefficient (Wildman–Crippen LogP) is 1.20. The zero-order valence-corrected chi connectivity index (χ0v) is 9.44. The Morgan fingerprint density at radius 1 is 1.24 bits per heavy atom. The summed E-state index contributed by atoms with van der Waals surface area (Å²) in [5.74, 6) is -3.04. The first-order valence-corrected chi connectivity index (χ1v) is 5.09. The molecule has 0 aliphatic carbocycles. The highest BCUT2D eigenvalue weighted by atomic mass is 16.4. The molecule has 0 aliphatic heterocycles. The molecule has 1 aromatic rings. The maximum absolute atomic E-state index is 11.5. The summed E-state index contributed by atoms with van der Waals surface area (Å²) in [5, 5.41) is 18.6. The van der Waals surface area contributed by atoms with Gasteiger partial charge in [0.2, 0.25) is 0 Å². The van der Waals surface area contributed by atoms with Crippen molar-refractivity contribution in [2.75, 3.05) is 0 Å². The number of aromatic hydroxyl groups is 1. The van der Waals surface area contributed by atoms with Crippen LogP contribution in [0.25, 0.3) is 0 Å². The van der Waals surface area contributed by atoms with Crippen molar-refractivity contribution in [2.24, 2.45) is 0 Å². The Balaban J connectivity index is 3.66. The first kappa shape index (κ1) is 13.0. The number of hydrogen-bond acceptors (Lipinski definition) is 5. The second kappa shape index (κ2) is 4.82. The second-order valence-electron chi connectivity index (χ2n) is 3.35. The summed E-state index contributed by atoms with van der Waals surface area (Å²) in [6, 6.07) is 0. The molecule has 0 bridgehead atoms.